The zero-order chi connectivity index (χ0) is 22.9. The molecule has 6 heteroatoms. The Morgan fingerprint density at radius 2 is 1.88 bits per heavy atom. The highest BCUT2D eigenvalue weighted by molar-refractivity contribution is 6.46. The van der Waals surface area contributed by atoms with E-state index in [-0.39, 0.29) is 17.4 Å². The number of hydrogen-bond acceptors (Lipinski definition) is 5. The van der Waals surface area contributed by atoms with Crippen LogP contribution in [0.3, 0.4) is 0 Å². The molecule has 3 aromatic carbocycles. The summed E-state index contributed by atoms with van der Waals surface area (Å²) in [6, 6.07) is 19.7. The summed E-state index contributed by atoms with van der Waals surface area (Å²) >= 11 is 0. The number of likely N-dealkylation sites (tertiary alicyclic amines) is 1. The number of rotatable bonds is 5. The molecule has 1 amide bonds. The van der Waals surface area contributed by atoms with Gasteiger partial charge in [-0.25, -0.2) is 0 Å². The first-order valence-electron chi connectivity index (χ1n) is 11.1. The van der Waals surface area contributed by atoms with Crippen LogP contribution in [-0.2, 0) is 14.3 Å². The van der Waals surface area contributed by atoms with Crippen LogP contribution in [0.4, 0.5) is 0 Å². The molecular formula is C27H25NO5. The molecule has 2 aliphatic rings. The van der Waals surface area contributed by atoms with E-state index in [1.54, 1.807) is 25.3 Å². The summed E-state index contributed by atoms with van der Waals surface area (Å²) in [5.74, 6) is -0.875. The summed E-state index contributed by atoms with van der Waals surface area (Å²) in [7, 11) is 1.57. The summed E-state index contributed by atoms with van der Waals surface area (Å²) in [6.45, 7) is 0.938. The van der Waals surface area contributed by atoms with Crippen LogP contribution in [-0.4, -0.2) is 48.1 Å². The smallest absolute Gasteiger partial charge is 0.295 e. The van der Waals surface area contributed by atoms with Crippen LogP contribution in [0.15, 0.2) is 72.3 Å². The molecule has 2 aliphatic heterocycles. The molecule has 1 N–H and O–H groups in total. The van der Waals surface area contributed by atoms with Crippen LogP contribution in [0.2, 0.25) is 0 Å². The highest BCUT2D eigenvalue weighted by Gasteiger charge is 2.47. The third-order valence-electron chi connectivity index (χ3n) is 6.42. The van der Waals surface area contributed by atoms with Gasteiger partial charge in [0.05, 0.1) is 24.8 Å². The second-order valence-corrected chi connectivity index (χ2v) is 8.39. The van der Waals surface area contributed by atoms with Gasteiger partial charge >= 0.3 is 0 Å². The number of fused-ring (bicyclic) bond motifs is 1. The second-order valence-electron chi connectivity index (χ2n) is 8.39. The van der Waals surface area contributed by atoms with Crippen molar-refractivity contribution in [3.8, 4) is 5.75 Å². The second kappa shape index (κ2) is 8.71. The average molecular weight is 443 g/mol. The van der Waals surface area contributed by atoms with Gasteiger partial charge in [-0.05, 0) is 41.3 Å². The van der Waals surface area contributed by atoms with Crippen LogP contribution >= 0.6 is 0 Å². The molecule has 2 atom stereocenters. The van der Waals surface area contributed by atoms with Crippen molar-refractivity contribution in [1.29, 1.82) is 0 Å². The molecule has 33 heavy (non-hydrogen) atoms. The van der Waals surface area contributed by atoms with Gasteiger partial charge in [-0.3, -0.25) is 9.59 Å². The number of nitrogens with zero attached hydrogens (tertiary/aromatic N) is 1. The number of ether oxygens (including phenoxy) is 2. The number of ketones is 1. The van der Waals surface area contributed by atoms with Crippen molar-refractivity contribution in [2.24, 2.45) is 0 Å². The third-order valence-corrected chi connectivity index (χ3v) is 6.42. The lowest BCUT2D eigenvalue weighted by atomic mass is 9.93. The summed E-state index contributed by atoms with van der Waals surface area (Å²) in [4.78, 5) is 28.0. The van der Waals surface area contributed by atoms with E-state index in [0.29, 0.717) is 30.0 Å². The zero-order valence-electron chi connectivity index (χ0n) is 18.4. The Morgan fingerprint density at radius 3 is 2.67 bits per heavy atom. The first-order valence-corrected chi connectivity index (χ1v) is 11.1. The lowest BCUT2D eigenvalue weighted by molar-refractivity contribution is -0.140. The molecule has 3 aromatic rings. The van der Waals surface area contributed by atoms with Crippen molar-refractivity contribution in [1.82, 2.24) is 4.90 Å². The van der Waals surface area contributed by atoms with Crippen molar-refractivity contribution in [2.45, 2.75) is 25.0 Å². The standard InChI is InChI=1S/C27H25NO5/c1-32-19-10-4-9-18(15-19)24-23(26(30)27(31)28(24)16-20-11-6-14-33-20)25(29)22-13-5-8-17-7-2-3-12-21(17)22/h2-5,7-10,12-13,15,20,24,29H,6,11,14,16H2,1H3/b25-23-. The van der Waals surface area contributed by atoms with Gasteiger partial charge in [0.1, 0.15) is 11.5 Å². The lowest BCUT2D eigenvalue weighted by Gasteiger charge is -2.27. The van der Waals surface area contributed by atoms with E-state index >= 15 is 0 Å². The Balaban J connectivity index is 1.69. The molecule has 168 valence electrons. The molecule has 2 fully saturated rings. The van der Waals surface area contributed by atoms with E-state index in [4.69, 9.17) is 9.47 Å². The molecule has 6 nitrogen and oxygen atoms in total. The molecule has 0 radical (unpaired) electrons. The number of carbonyl (C=O) groups is 2. The Kier molecular flexibility index (Phi) is 5.60. The average Bonchev–Trinajstić information content (AvgIpc) is 3.45. The number of Topliss-reactive ketones (excluding diaryl/α,β-unsaturated/α-hetero) is 1. The molecular weight excluding hydrogens is 418 g/mol. The fourth-order valence-corrected chi connectivity index (χ4v) is 4.81. The largest absolute Gasteiger partial charge is 0.507 e. The topological polar surface area (TPSA) is 76.1 Å². The predicted molar refractivity (Wildman–Crippen MR) is 125 cm³/mol. The van der Waals surface area contributed by atoms with Crippen LogP contribution in [0.1, 0.15) is 30.0 Å². The van der Waals surface area contributed by atoms with E-state index in [2.05, 4.69) is 0 Å². The van der Waals surface area contributed by atoms with Gasteiger partial charge in [0.25, 0.3) is 11.7 Å². The van der Waals surface area contributed by atoms with E-state index in [9.17, 15) is 14.7 Å². The normalized spacial score (nSPS) is 22.3. The minimum Gasteiger partial charge on any atom is -0.507 e. The van der Waals surface area contributed by atoms with Gasteiger partial charge < -0.3 is 19.5 Å². The number of aliphatic hydroxyl groups is 1. The molecule has 0 aliphatic carbocycles. The Hall–Kier alpha value is -3.64. The molecule has 0 saturated carbocycles. The van der Waals surface area contributed by atoms with Crippen molar-refractivity contribution >= 4 is 28.2 Å². The van der Waals surface area contributed by atoms with Crippen molar-refractivity contribution < 1.29 is 24.2 Å². The monoisotopic (exact) mass is 443 g/mol. The number of carbonyl (C=O) groups excluding carboxylic acids is 2. The first kappa shape index (κ1) is 21.2. The number of methoxy groups -OCH3 is 1. The van der Waals surface area contributed by atoms with Gasteiger partial charge in [0, 0.05) is 18.7 Å². The number of amides is 1. The van der Waals surface area contributed by atoms with Crippen LogP contribution in [0.5, 0.6) is 5.75 Å². The third kappa shape index (κ3) is 3.76. The van der Waals surface area contributed by atoms with E-state index < -0.39 is 17.7 Å². The highest BCUT2D eigenvalue weighted by Crippen LogP contribution is 2.41. The Labute approximate surface area is 192 Å². The maximum atomic E-state index is 13.3. The van der Waals surface area contributed by atoms with Crippen molar-refractivity contribution in [3.05, 3.63) is 83.4 Å². The minimum atomic E-state index is -0.733. The van der Waals surface area contributed by atoms with Crippen molar-refractivity contribution in [2.75, 3.05) is 20.3 Å². The molecule has 2 unspecified atom stereocenters. The molecule has 2 heterocycles. The minimum absolute atomic E-state index is 0.0857. The summed E-state index contributed by atoms with van der Waals surface area (Å²) < 4.78 is 11.1. The molecule has 0 spiro atoms. The lowest BCUT2D eigenvalue weighted by Crippen LogP contribution is -2.36. The molecule has 5 rings (SSSR count). The number of benzene rings is 3. The first-order chi connectivity index (χ1) is 16.1. The van der Waals surface area contributed by atoms with E-state index in [0.717, 1.165) is 23.6 Å². The molecule has 2 saturated heterocycles. The van der Waals surface area contributed by atoms with Gasteiger partial charge in [-0.2, -0.15) is 0 Å². The van der Waals surface area contributed by atoms with Gasteiger partial charge in [-0.1, -0.05) is 54.6 Å². The Bertz CT molecular complexity index is 1250. The quantitative estimate of drug-likeness (QED) is 0.358. The zero-order valence-corrected chi connectivity index (χ0v) is 18.4. The van der Waals surface area contributed by atoms with Crippen molar-refractivity contribution in [3.63, 3.8) is 0 Å². The van der Waals surface area contributed by atoms with E-state index in [1.807, 2.05) is 48.5 Å². The van der Waals surface area contributed by atoms with Crippen LogP contribution < -0.4 is 4.74 Å². The number of hydrogen-bond donors (Lipinski definition) is 1. The maximum Gasteiger partial charge on any atom is 0.295 e. The maximum absolute atomic E-state index is 13.3. The van der Waals surface area contributed by atoms with Crippen LogP contribution in [0.25, 0.3) is 16.5 Å². The summed E-state index contributed by atoms with van der Waals surface area (Å²) in [6.07, 6.45) is 1.62. The van der Waals surface area contributed by atoms with Gasteiger partial charge in [0.2, 0.25) is 0 Å². The van der Waals surface area contributed by atoms with Crippen LogP contribution in [0, 0.1) is 0 Å². The predicted octanol–water partition coefficient (Wildman–Crippen LogP) is 4.45. The SMILES string of the molecule is COc1cccc(C2/C(=C(/O)c3cccc4ccccc34)C(=O)C(=O)N2CC2CCCO2)c1. The highest BCUT2D eigenvalue weighted by atomic mass is 16.5. The Morgan fingerprint density at radius 1 is 1.09 bits per heavy atom. The molecule has 0 aromatic heterocycles. The van der Waals surface area contributed by atoms with Gasteiger partial charge in [0.15, 0.2) is 0 Å². The van der Waals surface area contributed by atoms with E-state index in [1.165, 1.54) is 4.90 Å². The fraction of sp³-hybridized carbons (Fsp3) is 0.259. The fourth-order valence-electron chi connectivity index (χ4n) is 4.81. The summed E-state index contributed by atoms with van der Waals surface area (Å²) in [5, 5.41) is 13.2. The molecule has 0 bridgehead atoms. The van der Waals surface area contributed by atoms with Gasteiger partial charge in [-0.15, -0.1) is 0 Å². The number of aliphatic hydroxyl groups excluding tert-OH is 1. The summed E-state index contributed by atoms with van der Waals surface area (Å²) in [5.41, 5.74) is 1.31.